The molecule has 4 nitrogen and oxygen atoms in total. The third-order valence-corrected chi connectivity index (χ3v) is 5.70. The monoisotopic (exact) mass is 356 g/mol. The number of likely N-dealkylation sites (tertiary alicyclic amines) is 1. The summed E-state index contributed by atoms with van der Waals surface area (Å²) in [6.45, 7) is 5.73. The highest BCUT2D eigenvalue weighted by molar-refractivity contribution is 6.08. The third-order valence-electron chi connectivity index (χ3n) is 5.70. The number of rotatable bonds is 1. The van der Waals surface area contributed by atoms with Crippen LogP contribution in [-0.4, -0.2) is 37.0 Å². The lowest BCUT2D eigenvalue weighted by Gasteiger charge is -2.16. The third kappa shape index (κ3) is 2.43. The number of carbonyl (C=O) groups excluding carboxylic acids is 1. The van der Waals surface area contributed by atoms with Gasteiger partial charge >= 0.3 is 0 Å². The maximum atomic E-state index is 13.0. The van der Waals surface area contributed by atoms with Crippen LogP contribution in [0.4, 0.5) is 0 Å². The van der Waals surface area contributed by atoms with Gasteiger partial charge in [-0.15, -0.1) is 12.4 Å². The average molecular weight is 357 g/mol. The molecular weight excluding hydrogens is 336 g/mol. The van der Waals surface area contributed by atoms with Gasteiger partial charge in [0.1, 0.15) is 5.58 Å². The molecule has 1 aromatic heterocycles. The van der Waals surface area contributed by atoms with Crippen LogP contribution in [0.1, 0.15) is 16.1 Å². The first-order chi connectivity index (χ1) is 11.7. The van der Waals surface area contributed by atoms with Crippen LogP contribution in [0.25, 0.3) is 21.7 Å². The van der Waals surface area contributed by atoms with Crippen LogP contribution in [0.2, 0.25) is 0 Å². The molecule has 1 amide bonds. The van der Waals surface area contributed by atoms with Crippen LogP contribution in [0.5, 0.6) is 0 Å². The molecule has 2 aliphatic heterocycles. The van der Waals surface area contributed by atoms with Gasteiger partial charge in [-0.3, -0.25) is 4.79 Å². The van der Waals surface area contributed by atoms with Crippen LogP contribution in [-0.2, 0) is 0 Å². The lowest BCUT2D eigenvalue weighted by atomic mass is 10.0. The van der Waals surface area contributed by atoms with E-state index in [2.05, 4.69) is 29.6 Å². The molecule has 2 atom stereocenters. The summed E-state index contributed by atoms with van der Waals surface area (Å²) in [5.41, 5.74) is 1.78. The predicted octanol–water partition coefficient (Wildman–Crippen LogP) is 3.61. The Kier molecular flexibility index (Phi) is 3.97. The van der Waals surface area contributed by atoms with Gasteiger partial charge in [-0.25, -0.2) is 0 Å². The van der Waals surface area contributed by atoms with Gasteiger partial charge in [-0.05, 0) is 24.1 Å². The van der Waals surface area contributed by atoms with E-state index in [4.69, 9.17) is 4.42 Å². The fourth-order valence-corrected chi connectivity index (χ4v) is 4.32. The van der Waals surface area contributed by atoms with Crippen molar-refractivity contribution in [2.45, 2.75) is 6.92 Å². The van der Waals surface area contributed by atoms with Gasteiger partial charge in [-0.1, -0.05) is 36.4 Å². The molecule has 3 heterocycles. The van der Waals surface area contributed by atoms with E-state index in [0.29, 0.717) is 17.6 Å². The number of aryl methyl sites for hydroxylation is 1. The SMILES string of the molecule is Cc1c(C(=O)N2C[C@H]3CNC[C@H]3C2)oc2c1ccc1ccccc12.Cl. The molecule has 2 aromatic carbocycles. The number of fused-ring (bicyclic) bond motifs is 4. The van der Waals surface area contributed by atoms with Crippen molar-refractivity contribution in [3.05, 3.63) is 47.7 Å². The zero-order chi connectivity index (χ0) is 16.3. The number of halogens is 1. The van der Waals surface area contributed by atoms with Crippen LogP contribution in [0.15, 0.2) is 40.8 Å². The van der Waals surface area contributed by atoms with Crippen molar-refractivity contribution >= 4 is 40.1 Å². The molecule has 130 valence electrons. The highest BCUT2D eigenvalue weighted by atomic mass is 35.5. The fourth-order valence-electron chi connectivity index (χ4n) is 4.32. The lowest BCUT2D eigenvalue weighted by molar-refractivity contribution is 0.0751. The minimum absolute atomic E-state index is 0. The standard InChI is InChI=1S/C20H20N2O2.ClH/c1-12-16-7-6-13-4-2-3-5-17(13)19(16)24-18(12)20(23)22-10-14-8-21-9-15(14)11-22;/h2-7,14-15,21H,8-11H2,1H3;1H/t14-,15+;. The molecule has 0 spiro atoms. The maximum Gasteiger partial charge on any atom is 0.289 e. The molecule has 0 aliphatic carbocycles. The van der Waals surface area contributed by atoms with Gasteiger partial charge in [0.25, 0.3) is 5.91 Å². The Hall–Kier alpha value is -2.04. The van der Waals surface area contributed by atoms with E-state index in [-0.39, 0.29) is 18.3 Å². The quantitative estimate of drug-likeness (QED) is 0.724. The number of hydrogen-bond donors (Lipinski definition) is 1. The number of hydrogen-bond acceptors (Lipinski definition) is 3. The van der Waals surface area contributed by atoms with Gasteiger partial charge in [0.05, 0.1) is 0 Å². The van der Waals surface area contributed by atoms with Crippen molar-refractivity contribution in [3.8, 4) is 0 Å². The van der Waals surface area contributed by atoms with Crippen molar-refractivity contribution in [2.24, 2.45) is 11.8 Å². The Bertz CT molecular complexity index is 953. The number of amides is 1. The summed E-state index contributed by atoms with van der Waals surface area (Å²) in [5.74, 6) is 1.75. The Balaban J connectivity index is 0.00000157. The normalized spacial score (nSPS) is 22.4. The number of furan rings is 1. The van der Waals surface area contributed by atoms with Crippen molar-refractivity contribution in [1.82, 2.24) is 10.2 Å². The molecule has 0 saturated carbocycles. The summed E-state index contributed by atoms with van der Waals surface area (Å²) < 4.78 is 6.10. The zero-order valence-electron chi connectivity index (χ0n) is 14.1. The van der Waals surface area contributed by atoms with Gasteiger partial charge in [0.2, 0.25) is 0 Å². The summed E-state index contributed by atoms with van der Waals surface area (Å²) in [4.78, 5) is 15.0. The van der Waals surface area contributed by atoms with E-state index in [1.807, 2.05) is 24.0 Å². The second kappa shape index (κ2) is 6.04. The molecule has 2 aliphatic rings. The number of nitrogens with zero attached hydrogens (tertiary/aromatic N) is 1. The molecule has 2 saturated heterocycles. The molecule has 2 fully saturated rings. The highest BCUT2D eigenvalue weighted by Gasteiger charge is 2.39. The maximum absolute atomic E-state index is 13.0. The molecule has 0 radical (unpaired) electrons. The zero-order valence-corrected chi connectivity index (χ0v) is 14.9. The minimum Gasteiger partial charge on any atom is -0.450 e. The van der Waals surface area contributed by atoms with Crippen molar-refractivity contribution < 1.29 is 9.21 Å². The van der Waals surface area contributed by atoms with E-state index >= 15 is 0 Å². The van der Waals surface area contributed by atoms with Gasteiger partial charge in [0.15, 0.2) is 5.76 Å². The van der Waals surface area contributed by atoms with Crippen LogP contribution in [0.3, 0.4) is 0 Å². The van der Waals surface area contributed by atoms with Crippen molar-refractivity contribution in [3.63, 3.8) is 0 Å². The summed E-state index contributed by atoms with van der Waals surface area (Å²) in [7, 11) is 0. The Morgan fingerprint density at radius 2 is 1.80 bits per heavy atom. The second-order valence-electron chi connectivity index (χ2n) is 7.11. The predicted molar refractivity (Wildman–Crippen MR) is 101 cm³/mol. The fraction of sp³-hybridized carbons (Fsp3) is 0.350. The van der Waals surface area contributed by atoms with Gasteiger partial charge < -0.3 is 14.6 Å². The summed E-state index contributed by atoms with van der Waals surface area (Å²) in [5, 5.41) is 6.66. The summed E-state index contributed by atoms with van der Waals surface area (Å²) in [6.07, 6.45) is 0. The summed E-state index contributed by atoms with van der Waals surface area (Å²) >= 11 is 0. The van der Waals surface area contributed by atoms with Crippen LogP contribution in [0, 0.1) is 18.8 Å². The largest absolute Gasteiger partial charge is 0.450 e. The first-order valence-corrected chi connectivity index (χ1v) is 8.63. The molecule has 1 N–H and O–H groups in total. The second-order valence-corrected chi connectivity index (χ2v) is 7.11. The first-order valence-electron chi connectivity index (χ1n) is 8.63. The number of carbonyl (C=O) groups is 1. The van der Waals surface area contributed by atoms with E-state index in [9.17, 15) is 4.79 Å². The number of nitrogens with one attached hydrogen (secondary N) is 1. The van der Waals surface area contributed by atoms with E-state index in [1.165, 1.54) is 0 Å². The Morgan fingerprint density at radius 3 is 2.56 bits per heavy atom. The van der Waals surface area contributed by atoms with E-state index in [0.717, 1.165) is 53.5 Å². The minimum atomic E-state index is 0. The molecule has 3 aromatic rings. The van der Waals surface area contributed by atoms with E-state index in [1.54, 1.807) is 0 Å². The highest BCUT2D eigenvalue weighted by Crippen LogP contribution is 2.34. The smallest absolute Gasteiger partial charge is 0.289 e. The first kappa shape index (κ1) is 16.4. The molecule has 0 bridgehead atoms. The molecule has 5 rings (SSSR count). The number of benzene rings is 2. The topological polar surface area (TPSA) is 45.5 Å². The average Bonchev–Trinajstić information content (AvgIpc) is 3.27. The van der Waals surface area contributed by atoms with Gasteiger partial charge in [-0.2, -0.15) is 0 Å². The van der Waals surface area contributed by atoms with Crippen molar-refractivity contribution in [2.75, 3.05) is 26.2 Å². The van der Waals surface area contributed by atoms with E-state index < -0.39 is 0 Å². The van der Waals surface area contributed by atoms with Crippen molar-refractivity contribution in [1.29, 1.82) is 0 Å². The molecule has 5 heteroatoms. The lowest BCUT2D eigenvalue weighted by Crippen LogP contribution is -2.31. The molecular formula is C20H21ClN2O2. The Morgan fingerprint density at radius 1 is 1.08 bits per heavy atom. The van der Waals surface area contributed by atoms with Gasteiger partial charge in [0, 0.05) is 42.5 Å². The Labute approximate surface area is 152 Å². The molecule has 25 heavy (non-hydrogen) atoms. The molecule has 0 unspecified atom stereocenters. The summed E-state index contributed by atoms with van der Waals surface area (Å²) in [6, 6.07) is 12.3. The van der Waals surface area contributed by atoms with Crippen LogP contribution >= 0.6 is 12.4 Å². The van der Waals surface area contributed by atoms with Crippen LogP contribution < -0.4 is 5.32 Å².